The number of nitrogens with zero attached hydrogens (tertiary/aromatic N) is 2. The molecule has 0 spiro atoms. The van der Waals surface area contributed by atoms with E-state index in [-0.39, 0.29) is 11.7 Å². The molecule has 22 heavy (non-hydrogen) atoms. The maximum atomic E-state index is 14.4. The van der Waals surface area contributed by atoms with E-state index < -0.39 is 0 Å². The van der Waals surface area contributed by atoms with Gasteiger partial charge in [0.05, 0.1) is 17.8 Å². The molecule has 0 unspecified atom stereocenters. The minimum absolute atomic E-state index is 0.0628. The Hall–Kier alpha value is -1.75. The average molecular weight is 361 g/mol. The van der Waals surface area contributed by atoms with E-state index in [1.54, 1.807) is 23.2 Å². The summed E-state index contributed by atoms with van der Waals surface area (Å²) in [4.78, 5) is 18.4. The van der Waals surface area contributed by atoms with Crippen LogP contribution in [0.25, 0.3) is 0 Å². The average Bonchev–Trinajstić information content (AvgIpc) is 3.28. The van der Waals surface area contributed by atoms with Crippen LogP contribution in [0.4, 0.5) is 4.39 Å². The van der Waals surface area contributed by atoms with Gasteiger partial charge in [-0.05, 0) is 48.6 Å². The van der Waals surface area contributed by atoms with Gasteiger partial charge in [0.2, 0.25) is 0 Å². The van der Waals surface area contributed by atoms with Crippen LogP contribution in [-0.4, -0.2) is 15.8 Å². The second-order valence-corrected chi connectivity index (χ2v) is 6.80. The zero-order chi connectivity index (χ0) is 15.3. The highest BCUT2D eigenvalue weighted by Crippen LogP contribution is 2.43. The lowest BCUT2D eigenvalue weighted by molar-refractivity contribution is 0.0764. The van der Waals surface area contributed by atoms with Crippen molar-refractivity contribution in [1.82, 2.24) is 9.88 Å². The first-order valence-corrected chi connectivity index (χ1v) is 8.14. The number of carbonyl (C=O) groups excluding carboxylic acids is 1. The number of pyridine rings is 1. The normalized spacial score (nSPS) is 17.0. The van der Waals surface area contributed by atoms with Crippen LogP contribution in [0, 0.1) is 5.82 Å². The molecule has 5 heteroatoms. The molecule has 2 aromatic rings. The van der Waals surface area contributed by atoms with Crippen molar-refractivity contribution >= 4 is 21.8 Å². The van der Waals surface area contributed by atoms with Crippen LogP contribution >= 0.6 is 15.9 Å². The van der Waals surface area contributed by atoms with E-state index in [0.717, 1.165) is 28.6 Å². The maximum Gasteiger partial charge on any atom is 0.256 e. The summed E-state index contributed by atoms with van der Waals surface area (Å²) in [6, 6.07) is 7.01. The van der Waals surface area contributed by atoms with E-state index in [2.05, 4.69) is 20.9 Å². The van der Waals surface area contributed by atoms with Crippen LogP contribution in [-0.2, 0) is 13.1 Å². The standard InChI is InChI=1S/C17H14BrFN2O/c18-11-6-13(10-3-4-10)14(15(19)7-11)8-21-9-16-12(17(21)22)2-1-5-20-16/h1-2,5-7,10H,3-4,8-9H2. The molecule has 1 aromatic heterocycles. The van der Waals surface area contributed by atoms with Gasteiger partial charge in [-0.15, -0.1) is 0 Å². The lowest BCUT2D eigenvalue weighted by atomic mass is 10.0. The number of aromatic nitrogens is 1. The molecule has 1 aliphatic heterocycles. The van der Waals surface area contributed by atoms with Crippen molar-refractivity contribution in [3.8, 4) is 0 Å². The first-order valence-electron chi connectivity index (χ1n) is 7.34. The van der Waals surface area contributed by atoms with Crippen molar-refractivity contribution in [1.29, 1.82) is 0 Å². The van der Waals surface area contributed by atoms with Crippen molar-refractivity contribution < 1.29 is 9.18 Å². The number of fused-ring (bicyclic) bond motifs is 1. The van der Waals surface area contributed by atoms with Gasteiger partial charge in [0, 0.05) is 22.8 Å². The molecule has 1 aromatic carbocycles. The Kier molecular flexibility index (Phi) is 3.26. The largest absolute Gasteiger partial charge is 0.328 e. The quantitative estimate of drug-likeness (QED) is 0.828. The van der Waals surface area contributed by atoms with Crippen molar-refractivity contribution in [2.75, 3.05) is 0 Å². The molecule has 4 rings (SSSR count). The maximum absolute atomic E-state index is 14.4. The minimum Gasteiger partial charge on any atom is -0.328 e. The molecule has 0 atom stereocenters. The molecule has 112 valence electrons. The molecule has 2 aliphatic rings. The Balaban J connectivity index is 1.67. The summed E-state index contributed by atoms with van der Waals surface area (Å²) in [6.07, 6.45) is 3.88. The predicted octanol–water partition coefficient (Wildman–Crippen LogP) is 4.02. The fraction of sp³-hybridized carbons (Fsp3) is 0.294. The Morgan fingerprint density at radius 2 is 2.18 bits per heavy atom. The van der Waals surface area contributed by atoms with Gasteiger partial charge in [0.15, 0.2) is 0 Å². The van der Waals surface area contributed by atoms with Crippen LogP contribution < -0.4 is 0 Å². The molecule has 1 fully saturated rings. The summed E-state index contributed by atoms with van der Waals surface area (Å²) in [5.41, 5.74) is 3.08. The predicted molar refractivity (Wildman–Crippen MR) is 83.9 cm³/mol. The van der Waals surface area contributed by atoms with Gasteiger partial charge >= 0.3 is 0 Å². The highest BCUT2D eigenvalue weighted by atomic mass is 79.9. The molecule has 0 radical (unpaired) electrons. The SMILES string of the molecule is O=C1c2cccnc2CN1Cc1c(F)cc(Br)cc1C1CC1. The minimum atomic E-state index is -0.243. The van der Waals surface area contributed by atoms with Crippen LogP contribution in [0.15, 0.2) is 34.9 Å². The molecule has 1 aliphatic carbocycles. The van der Waals surface area contributed by atoms with Crippen molar-refractivity contribution in [3.05, 3.63) is 63.1 Å². The number of hydrogen-bond donors (Lipinski definition) is 0. The first-order chi connectivity index (χ1) is 10.6. The fourth-order valence-corrected chi connectivity index (χ4v) is 3.50. The van der Waals surface area contributed by atoms with Gasteiger partial charge < -0.3 is 4.90 Å². The van der Waals surface area contributed by atoms with Gasteiger partial charge in [0.25, 0.3) is 5.91 Å². The zero-order valence-electron chi connectivity index (χ0n) is 11.9. The third kappa shape index (κ3) is 2.33. The van der Waals surface area contributed by atoms with Crippen LogP contribution in [0.3, 0.4) is 0 Å². The number of halogens is 2. The van der Waals surface area contributed by atoms with Gasteiger partial charge in [0.1, 0.15) is 5.82 Å². The van der Waals surface area contributed by atoms with E-state index in [1.165, 1.54) is 6.07 Å². The number of hydrogen-bond acceptors (Lipinski definition) is 2. The molecule has 3 nitrogen and oxygen atoms in total. The number of amides is 1. The van der Waals surface area contributed by atoms with Gasteiger partial charge in [-0.25, -0.2) is 4.39 Å². The third-order valence-electron chi connectivity index (χ3n) is 4.31. The molecule has 1 amide bonds. The summed E-state index contributed by atoms with van der Waals surface area (Å²) >= 11 is 3.36. The Bertz CT molecular complexity index is 773. The topological polar surface area (TPSA) is 33.2 Å². The summed E-state index contributed by atoms with van der Waals surface area (Å²) in [5.74, 6) is 0.125. The highest BCUT2D eigenvalue weighted by Gasteiger charge is 2.32. The van der Waals surface area contributed by atoms with Gasteiger partial charge in [-0.2, -0.15) is 0 Å². The molecule has 0 saturated heterocycles. The molecule has 1 saturated carbocycles. The van der Waals surface area contributed by atoms with E-state index >= 15 is 0 Å². The van der Waals surface area contributed by atoms with Gasteiger partial charge in [-0.3, -0.25) is 9.78 Å². The number of rotatable bonds is 3. The second-order valence-electron chi connectivity index (χ2n) is 5.89. The first kappa shape index (κ1) is 13.9. The molecule has 2 heterocycles. The van der Waals surface area contributed by atoms with Gasteiger partial charge in [-0.1, -0.05) is 15.9 Å². The lowest BCUT2D eigenvalue weighted by Gasteiger charge is -2.19. The summed E-state index contributed by atoms with van der Waals surface area (Å²) in [6.45, 7) is 0.759. The molecular formula is C17H14BrFN2O. The third-order valence-corrected chi connectivity index (χ3v) is 4.77. The summed E-state index contributed by atoms with van der Waals surface area (Å²) in [7, 11) is 0. The monoisotopic (exact) mass is 360 g/mol. The zero-order valence-corrected chi connectivity index (χ0v) is 13.4. The van der Waals surface area contributed by atoms with Crippen molar-refractivity contribution in [2.45, 2.75) is 31.8 Å². The fourth-order valence-electron chi connectivity index (χ4n) is 3.05. The Labute approximate surface area is 136 Å². The lowest BCUT2D eigenvalue weighted by Crippen LogP contribution is -2.24. The van der Waals surface area contributed by atoms with E-state index in [4.69, 9.17) is 0 Å². The summed E-state index contributed by atoms with van der Waals surface area (Å²) < 4.78 is 15.2. The van der Waals surface area contributed by atoms with E-state index in [9.17, 15) is 9.18 Å². The van der Waals surface area contributed by atoms with Crippen molar-refractivity contribution in [2.24, 2.45) is 0 Å². The Morgan fingerprint density at radius 1 is 1.36 bits per heavy atom. The Morgan fingerprint density at radius 3 is 2.91 bits per heavy atom. The molecule has 0 N–H and O–H groups in total. The van der Waals surface area contributed by atoms with Crippen molar-refractivity contribution in [3.63, 3.8) is 0 Å². The molecule has 0 bridgehead atoms. The summed E-state index contributed by atoms with van der Waals surface area (Å²) in [5, 5.41) is 0. The van der Waals surface area contributed by atoms with Crippen LogP contribution in [0.1, 0.15) is 45.9 Å². The number of benzene rings is 1. The van der Waals surface area contributed by atoms with Crippen LogP contribution in [0.5, 0.6) is 0 Å². The second kappa shape index (κ2) is 5.16. The smallest absolute Gasteiger partial charge is 0.256 e. The highest BCUT2D eigenvalue weighted by molar-refractivity contribution is 9.10. The van der Waals surface area contributed by atoms with Crippen LogP contribution in [0.2, 0.25) is 0 Å². The van der Waals surface area contributed by atoms with E-state index in [0.29, 0.717) is 30.1 Å². The number of carbonyl (C=O) groups is 1. The molecular weight excluding hydrogens is 347 g/mol. The van der Waals surface area contributed by atoms with E-state index in [1.807, 2.05) is 6.07 Å².